The molecule has 4 unspecified atom stereocenters. The van der Waals surface area contributed by atoms with Crippen molar-refractivity contribution >= 4 is 11.4 Å². The van der Waals surface area contributed by atoms with Gasteiger partial charge in [0.15, 0.2) is 0 Å². The van der Waals surface area contributed by atoms with Gasteiger partial charge in [0, 0.05) is 52.3 Å². The van der Waals surface area contributed by atoms with E-state index in [0.717, 1.165) is 64.5 Å². The molecule has 0 bridgehead atoms. The third-order valence-electron chi connectivity index (χ3n) is 12.9. The number of rotatable bonds is 4. The van der Waals surface area contributed by atoms with E-state index < -0.39 is 6.17 Å². The first-order valence-corrected chi connectivity index (χ1v) is 16.9. The molecule has 6 heteroatoms. The van der Waals surface area contributed by atoms with E-state index in [9.17, 15) is 9.65 Å². The molecule has 2 aromatic rings. The number of nitrogens with two attached hydrogens (primary N) is 1. The summed E-state index contributed by atoms with van der Waals surface area (Å²) in [7, 11) is 0. The molecule has 2 N–H and O–H groups in total. The fourth-order valence-electron chi connectivity index (χ4n) is 10.6. The molecule has 3 aliphatic heterocycles. The van der Waals surface area contributed by atoms with Gasteiger partial charge < -0.3 is 10.6 Å². The lowest BCUT2D eigenvalue weighted by Crippen LogP contribution is -2.59. The molecule has 4 fully saturated rings. The summed E-state index contributed by atoms with van der Waals surface area (Å²) in [6.45, 7) is 5.11. The highest BCUT2D eigenvalue weighted by Crippen LogP contribution is 2.54. The smallest absolute Gasteiger partial charge is 0.115 e. The van der Waals surface area contributed by atoms with E-state index in [2.05, 4.69) is 34.9 Å². The van der Waals surface area contributed by atoms with Crippen LogP contribution in [0.2, 0.25) is 0 Å². The second-order valence-corrected chi connectivity index (χ2v) is 15.0. The molecular weight excluding hydrogens is 521 g/mol. The Morgan fingerprint density at radius 3 is 2.74 bits per heavy atom. The SMILES string of the molecule is CC1CCC2(CCc3c(N4CCC45CCCC5)cc(CCC45CCCN4CC(F)C5)nc3C2)c2c1ccc(N)c2C#N. The van der Waals surface area contributed by atoms with Gasteiger partial charge in [-0.15, -0.1) is 0 Å². The van der Waals surface area contributed by atoms with Gasteiger partial charge in [0.25, 0.3) is 0 Å². The van der Waals surface area contributed by atoms with Crippen molar-refractivity contribution in [1.82, 2.24) is 9.88 Å². The highest BCUT2D eigenvalue weighted by molar-refractivity contribution is 5.66. The van der Waals surface area contributed by atoms with E-state index in [1.165, 1.54) is 72.3 Å². The van der Waals surface area contributed by atoms with Crippen LogP contribution in [0.1, 0.15) is 124 Å². The minimum Gasteiger partial charge on any atom is -0.398 e. The van der Waals surface area contributed by atoms with Gasteiger partial charge in [-0.05, 0) is 125 Å². The summed E-state index contributed by atoms with van der Waals surface area (Å²) < 4.78 is 14.6. The minimum atomic E-state index is -0.684. The molecule has 0 radical (unpaired) electrons. The van der Waals surface area contributed by atoms with E-state index in [4.69, 9.17) is 10.7 Å². The molecule has 3 aliphatic carbocycles. The molecule has 1 aromatic carbocycles. The quantitative estimate of drug-likeness (QED) is 0.408. The van der Waals surface area contributed by atoms with Crippen molar-refractivity contribution in [3.63, 3.8) is 0 Å². The molecule has 1 aromatic heterocycles. The number of alkyl halides is 1. The molecule has 42 heavy (non-hydrogen) atoms. The van der Waals surface area contributed by atoms with Gasteiger partial charge in [-0.25, -0.2) is 4.39 Å². The molecule has 5 nitrogen and oxygen atoms in total. The van der Waals surface area contributed by atoms with Crippen molar-refractivity contribution in [2.75, 3.05) is 30.3 Å². The topological polar surface area (TPSA) is 69.2 Å². The summed E-state index contributed by atoms with van der Waals surface area (Å²) >= 11 is 0. The molecule has 4 atom stereocenters. The number of fused-ring (bicyclic) bond motifs is 4. The largest absolute Gasteiger partial charge is 0.398 e. The number of pyridine rings is 1. The molecule has 3 saturated heterocycles. The van der Waals surface area contributed by atoms with Gasteiger partial charge in [0.2, 0.25) is 0 Å². The average Bonchev–Trinajstić information content (AvgIpc) is 3.69. The number of nitrogens with zero attached hydrogens (tertiary/aromatic N) is 4. The van der Waals surface area contributed by atoms with Crippen LogP contribution < -0.4 is 10.6 Å². The highest BCUT2D eigenvalue weighted by atomic mass is 19.1. The Kier molecular flexibility index (Phi) is 6.21. The normalized spacial score (nSPS) is 32.9. The zero-order valence-electron chi connectivity index (χ0n) is 25.4. The van der Waals surface area contributed by atoms with Crippen LogP contribution in [0.4, 0.5) is 15.8 Å². The maximum atomic E-state index is 14.6. The lowest BCUT2D eigenvalue weighted by atomic mass is 9.59. The van der Waals surface area contributed by atoms with Crippen LogP contribution in [-0.4, -0.2) is 46.8 Å². The summed E-state index contributed by atoms with van der Waals surface area (Å²) in [5, 5.41) is 10.3. The van der Waals surface area contributed by atoms with Crippen LogP contribution in [0, 0.1) is 11.3 Å². The van der Waals surface area contributed by atoms with Gasteiger partial charge in [-0.1, -0.05) is 25.8 Å². The van der Waals surface area contributed by atoms with E-state index in [0.29, 0.717) is 35.7 Å². The highest BCUT2D eigenvalue weighted by Gasteiger charge is 2.50. The molecule has 4 heterocycles. The summed E-state index contributed by atoms with van der Waals surface area (Å²) in [5.41, 5.74) is 16.0. The summed E-state index contributed by atoms with van der Waals surface area (Å²) in [6.07, 6.45) is 16.1. The van der Waals surface area contributed by atoms with E-state index in [1.54, 1.807) is 0 Å². The van der Waals surface area contributed by atoms with Crippen molar-refractivity contribution < 1.29 is 4.39 Å². The first-order valence-electron chi connectivity index (χ1n) is 16.9. The summed E-state index contributed by atoms with van der Waals surface area (Å²) in [4.78, 5) is 10.7. The Hall–Kier alpha value is -2.65. The summed E-state index contributed by atoms with van der Waals surface area (Å²) in [6, 6.07) is 9.10. The Bertz CT molecular complexity index is 1460. The number of halogens is 1. The standard InChI is InChI=1S/C36H46FN5/c1-24-7-13-34(33-27(24)5-6-30(39)29(33)22-38)14-9-28-31(21-34)40-26(8-15-36-12-4-17-41(36)23-25(37)20-36)19-32(28)42-18-16-35(42)10-2-3-11-35/h5-6,19,24-25H,2-4,7-18,20-21,23,39H2,1H3. The number of anilines is 2. The number of nitriles is 1. The molecule has 1 saturated carbocycles. The van der Waals surface area contributed by atoms with Gasteiger partial charge in [0.05, 0.1) is 5.56 Å². The van der Waals surface area contributed by atoms with Crippen molar-refractivity contribution in [3.05, 3.63) is 51.8 Å². The lowest BCUT2D eigenvalue weighted by molar-refractivity contribution is 0.182. The molecule has 6 aliphatic rings. The zero-order valence-corrected chi connectivity index (χ0v) is 25.4. The number of nitrogen functional groups attached to an aromatic ring is 1. The van der Waals surface area contributed by atoms with Crippen LogP contribution in [0.3, 0.4) is 0 Å². The predicted octanol–water partition coefficient (Wildman–Crippen LogP) is 6.89. The van der Waals surface area contributed by atoms with E-state index >= 15 is 0 Å². The van der Waals surface area contributed by atoms with Gasteiger partial charge >= 0.3 is 0 Å². The monoisotopic (exact) mass is 567 g/mol. The zero-order chi connectivity index (χ0) is 28.7. The van der Waals surface area contributed by atoms with Crippen molar-refractivity contribution in [2.45, 2.75) is 132 Å². The van der Waals surface area contributed by atoms with Gasteiger partial charge in [0.1, 0.15) is 12.2 Å². The van der Waals surface area contributed by atoms with Crippen LogP contribution in [0.5, 0.6) is 0 Å². The minimum absolute atomic E-state index is 0.0273. The second-order valence-electron chi connectivity index (χ2n) is 15.0. The van der Waals surface area contributed by atoms with E-state index in [-0.39, 0.29) is 11.0 Å². The Labute approximate surface area is 250 Å². The molecule has 0 amide bonds. The van der Waals surface area contributed by atoms with Crippen LogP contribution in [0.25, 0.3) is 0 Å². The lowest BCUT2D eigenvalue weighted by Gasteiger charge is -2.54. The third kappa shape index (κ3) is 3.91. The maximum absolute atomic E-state index is 14.6. The fraction of sp³-hybridized carbons (Fsp3) is 0.667. The van der Waals surface area contributed by atoms with E-state index in [1.807, 2.05) is 6.07 Å². The summed E-state index contributed by atoms with van der Waals surface area (Å²) in [5.74, 6) is 0.442. The number of hydrogen-bond acceptors (Lipinski definition) is 5. The van der Waals surface area contributed by atoms with Crippen LogP contribution >= 0.6 is 0 Å². The van der Waals surface area contributed by atoms with Crippen molar-refractivity contribution in [1.29, 1.82) is 5.26 Å². The number of hydrogen-bond donors (Lipinski definition) is 1. The number of aryl methyl sites for hydroxylation is 1. The first kappa shape index (κ1) is 26.9. The Morgan fingerprint density at radius 2 is 1.95 bits per heavy atom. The fourth-order valence-corrected chi connectivity index (χ4v) is 10.6. The first-order chi connectivity index (χ1) is 20.4. The number of aromatic nitrogens is 1. The van der Waals surface area contributed by atoms with Crippen molar-refractivity contribution in [2.24, 2.45) is 0 Å². The average molecular weight is 568 g/mol. The second kappa shape index (κ2) is 9.68. The molecule has 8 rings (SSSR count). The molecular formula is C36H46FN5. The number of benzene rings is 1. The Morgan fingerprint density at radius 1 is 1.10 bits per heavy atom. The maximum Gasteiger partial charge on any atom is 0.115 e. The van der Waals surface area contributed by atoms with Crippen LogP contribution in [0.15, 0.2) is 18.2 Å². The third-order valence-corrected chi connectivity index (χ3v) is 12.9. The molecule has 2 spiro atoms. The molecule has 222 valence electrons. The van der Waals surface area contributed by atoms with Crippen LogP contribution in [-0.2, 0) is 24.7 Å². The Balaban J connectivity index is 1.19. The van der Waals surface area contributed by atoms with Crippen molar-refractivity contribution in [3.8, 4) is 6.07 Å². The predicted molar refractivity (Wildman–Crippen MR) is 166 cm³/mol. The van der Waals surface area contributed by atoms with Gasteiger partial charge in [-0.3, -0.25) is 9.88 Å². The van der Waals surface area contributed by atoms with Gasteiger partial charge in [-0.2, -0.15) is 5.26 Å².